The fourth-order valence-electron chi connectivity index (χ4n) is 3.31. The predicted octanol–water partition coefficient (Wildman–Crippen LogP) is 1.39. The van der Waals surface area contributed by atoms with Crippen LogP contribution in [0.15, 0.2) is 24.4 Å². The molecule has 1 unspecified atom stereocenters. The van der Waals surface area contributed by atoms with Gasteiger partial charge in [0.25, 0.3) is 0 Å². The van der Waals surface area contributed by atoms with E-state index in [1.54, 1.807) is 0 Å². The molecule has 0 saturated carbocycles. The molecular formula is C17H23N3O3. The second-order valence-corrected chi connectivity index (χ2v) is 6.15. The molecule has 0 spiro atoms. The number of hydrogen-bond donors (Lipinski definition) is 1. The van der Waals surface area contributed by atoms with Crippen LogP contribution in [0.25, 0.3) is 5.65 Å². The Morgan fingerprint density at radius 1 is 1.43 bits per heavy atom. The third kappa shape index (κ3) is 3.23. The van der Waals surface area contributed by atoms with E-state index in [1.165, 1.54) is 12.8 Å². The van der Waals surface area contributed by atoms with Crippen molar-refractivity contribution in [3.63, 3.8) is 0 Å². The molecule has 1 atom stereocenters. The van der Waals surface area contributed by atoms with E-state index in [4.69, 9.17) is 0 Å². The fourth-order valence-corrected chi connectivity index (χ4v) is 3.31. The molecule has 2 aromatic heterocycles. The minimum atomic E-state index is -1.00. The lowest BCUT2D eigenvalue weighted by molar-refractivity contribution is -0.154. The standard InChI is InChI=1S/C17H23N3O3/c1-12-14(20-8-4-3-5-15(20)18-12)11-19-9-6-13(7-10-19)16(21)17(22)23-2/h3-5,8,13,16,21H,6-7,9-11H2,1-2H3. The molecular weight excluding hydrogens is 294 g/mol. The Morgan fingerprint density at radius 2 is 2.17 bits per heavy atom. The van der Waals surface area contributed by atoms with Gasteiger partial charge < -0.3 is 14.2 Å². The molecule has 3 heterocycles. The molecule has 1 saturated heterocycles. The summed E-state index contributed by atoms with van der Waals surface area (Å²) in [5.74, 6) is -0.539. The van der Waals surface area contributed by atoms with Crippen molar-refractivity contribution in [1.82, 2.24) is 14.3 Å². The van der Waals surface area contributed by atoms with Gasteiger partial charge in [0.05, 0.1) is 18.5 Å². The lowest BCUT2D eigenvalue weighted by atomic mass is 9.91. The number of carbonyl (C=O) groups is 1. The van der Waals surface area contributed by atoms with Crippen molar-refractivity contribution in [1.29, 1.82) is 0 Å². The number of fused-ring (bicyclic) bond motifs is 1. The predicted molar refractivity (Wildman–Crippen MR) is 86.0 cm³/mol. The van der Waals surface area contributed by atoms with Gasteiger partial charge in [0, 0.05) is 12.7 Å². The van der Waals surface area contributed by atoms with Crippen LogP contribution in [-0.2, 0) is 16.1 Å². The zero-order chi connectivity index (χ0) is 16.4. The Balaban J connectivity index is 1.64. The van der Waals surface area contributed by atoms with Crippen LogP contribution < -0.4 is 0 Å². The highest BCUT2D eigenvalue weighted by Gasteiger charge is 2.30. The molecule has 0 amide bonds. The average Bonchev–Trinajstić information content (AvgIpc) is 2.90. The first kappa shape index (κ1) is 16.0. The van der Waals surface area contributed by atoms with Crippen LogP contribution >= 0.6 is 0 Å². The van der Waals surface area contributed by atoms with Gasteiger partial charge in [-0.2, -0.15) is 0 Å². The highest BCUT2D eigenvalue weighted by atomic mass is 16.5. The normalized spacial score (nSPS) is 18.2. The molecule has 23 heavy (non-hydrogen) atoms. The molecule has 0 aliphatic carbocycles. The van der Waals surface area contributed by atoms with Gasteiger partial charge in [-0.05, 0) is 50.9 Å². The van der Waals surface area contributed by atoms with Gasteiger partial charge in [-0.1, -0.05) is 6.07 Å². The highest BCUT2D eigenvalue weighted by Crippen LogP contribution is 2.23. The fraction of sp³-hybridized carbons (Fsp3) is 0.529. The number of methoxy groups -OCH3 is 1. The SMILES string of the molecule is COC(=O)C(O)C1CCN(Cc2c(C)nc3ccccn23)CC1. The van der Waals surface area contributed by atoms with E-state index in [9.17, 15) is 9.90 Å². The zero-order valence-electron chi connectivity index (χ0n) is 13.6. The Morgan fingerprint density at radius 3 is 2.87 bits per heavy atom. The van der Waals surface area contributed by atoms with Gasteiger partial charge >= 0.3 is 5.97 Å². The maximum Gasteiger partial charge on any atom is 0.334 e. The summed E-state index contributed by atoms with van der Waals surface area (Å²) in [6.45, 7) is 4.59. The molecule has 0 aromatic carbocycles. The van der Waals surface area contributed by atoms with Crippen LogP contribution in [0.2, 0.25) is 0 Å². The number of hydrogen-bond acceptors (Lipinski definition) is 5. The largest absolute Gasteiger partial charge is 0.467 e. The number of carbonyl (C=O) groups excluding carboxylic acids is 1. The molecule has 1 aliphatic rings. The molecule has 6 heteroatoms. The first-order chi connectivity index (χ1) is 11.1. The topological polar surface area (TPSA) is 67.1 Å². The second-order valence-electron chi connectivity index (χ2n) is 6.15. The summed E-state index contributed by atoms with van der Waals surface area (Å²) < 4.78 is 6.76. The number of rotatable bonds is 4. The zero-order valence-corrected chi connectivity index (χ0v) is 13.6. The first-order valence-electron chi connectivity index (χ1n) is 8.01. The van der Waals surface area contributed by atoms with Crippen molar-refractivity contribution < 1.29 is 14.6 Å². The Kier molecular flexibility index (Phi) is 4.63. The Labute approximate surface area is 135 Å². The quantitative estimate of drug-likeness (QED) is 0.863. The number of pyridine rings is 1. The summed E-state index contributed by atoms with van der Waals surface area (Å²) in [7, 11) is 1.31. The van der Waals surface area contributed by atoms with E-state index in [0.29, 0.717) is 0 Å². The number of imidazole rings is 1. The van der Waals surface area contributed by atoms with Crippen LogP contribution in [0.1, 0.15) is 24.2 Å². The maximum atomic E-state index is 11.4. The summed E-state index contributed by atoms with van der Waals surface area (Å²) in [5.41, 5.74) is 3.22. The highest BCUT2D eigenvalue weighted by molar-refractivity contribution is 5.74. The number of aryl methyl sites for hydroxylation is 1. The minimum absolute atomic E-state index is 0.0121. The number of esters is 1. The third-order valence-electron chi connectivity index (χ3n) is 4.72. The number of nitrogens with zero attached hydrogens (tertiary/aromatic N) is 3. The number of aromatic nitrogens is 2. The van der Waals surface area contributed by atoms with E-state index < -0.39 is 12.1 Å². The summed E-state index contributed by atoms with van der Waals surface area (Å²) in [5, 5.41) is 9.96. The molecule has 2 aromatic rings. The van der Waals surface area contributed by atoms with E-state index in [1.807, 2.05) is 31.3 Å². The van der Waals surface area contributed by atoms with Gasteiger partial charge in [-0.15, -0.1) is 0 Å². The third-order valence-corrected chi connectivity index (χ3v) is 4.72. The number of ether oxygens (including phenoxy) is 1. The van der Waals surface area contributed by atoms with Gasteiger partial charge in [-0.25, -0.2) is 9.78 Å². The first-order valence-corrected chi connectivity index (χ1v) is 8.01. The molecule has 0 radical (unpaired) electrons. The summed E-state index contributed by atoms with van der Waals surface area (Å²) in [6.07, 6.45) is 2.64. The lowest BCUT2D eigenvalue weighted by Gasteiger charge is -2.33. The van der Waals surface area contributed by atoms with E-state index in [-0.39, 0.29) is 5.92 Å². The smallest absolute Gasteiger partial charge is 0.334 e. The van der Waals surface area contributed by atoms with Gasteiger partial charge in [0.15, 0.2) is 6.10 Å². The van der Waals surface area contributed by atoms with Crippen molar-refractivity contribution in [2.75, 3.05) is 20.2 Å². The van der Waals surface area contributed by atoms with Crippen LogP contribution in [0.4, 0.5) is 0 Å². The maximum absolute atomic E-state index is 11.4. The number of aliphatic hydroxyl groups excluding tert-OH is 1. The Bertz CT molecular complexity index is 689. The number of aliphatic hydroxyl groups is 1. The average molecular weight is 317 g/mol. The Hall–Kier alpha value is -1.92. The van der Waals surface area contributed by atoms with E-state index in [2.05, 4.69) is 19.0 Å². The van der Waals surface area contributed by atoms with E-state index in [0.717, 1.165) is 43.8 Å². The van der Waals surface area contributed by atoms with Crippen molar-refractivity contribution in [3.8, 4) is 0 Å². The van der Waals surface area contributed by atoms with E-state index >= 15 is 0 Å². The summed E-state index contributed by atoms with van der Waals surface area (Å²) in [6, 6.07) is 6.01. The molecule has 1 fully saturated rings. The molecule has 0 bridgehead atoms. The van der Waals surface area contributed by atoms with Gasteiger partial charge in [0.2, 0.25) is 0 Å². The van der Waals surface area contributed by atoms with Crippen LogP contribution in [0.3, 0.4) is 0 Å². The lowest BCUT2D eigenvalue weighted by Crippen LogP contribution is -2.40. The summed E-state index contributed by atoms with van der Waals surface area (Å²) in [4.78, 5) is 18.4. The van der Waals surface area contributed by atoms with Crippen molar-refractivity contribution in [2.24, 2.45) is 5.92 Å². The molecule has 1 aliphatic heterocycles. The van der Waals surface area contributed by atoms with Crippen LogP contribution in [0.5, 0.6) is 0 Å². The van der Waals surface area contributed by atoms with Crippen molar-refractivity contribution in [2.45, 2.75) is 32.4 Å². The van der Waals surface area contributed by atoms with Gasteiger partial charge in [-0.3, -0.25) is 4.90 Å². The molecule has 124 valence electrons. The van der Waals surface area contributed by atoms with Gasteiger partial charge in [0.1, 0.15) is 5.65 Å². The van der Waals surface area contributed by atoms with Crippen LogP contribution in [0, 0.1) is 12.8 Å². The summed E-state index contributed by atoms with van der Waals surface area (Å²) >= 11 is 0. The van der Waals surface area contributed by atoms with Crippen molar-refractivity contribution in [3.05, 3.63) is 35.8 Å². The number of piperidine rings is 1. The number of likely N-dealkylation sites (tertiary alicyclic amines) is 1. The molecule has 3 rings (SSSR count). The monoisotopic (exact) mass is 317 g/mol. The minimum Gasteiger partial charge on any atom is -0.467 e. The second kappa shape index (κ2) is 6.68. The van der Waals surface area contributed by atoms with Crippen LogP contribution in [-0.4, -0.2) is 51.7 Å². The molecule has 6 nitrogen and oxygen atoms in total. The molecule has 1 N–H and O–H groups in total. The van der Waals surface area contributed by atoms with Crippen molar-refractivity contribution >= 4 is 11.6 Å².